The molecule has 0 spiro atoms. The minimum absolute atomic E-state index is 0.327. The van der Waals surface area contributed by atoms with Gasteiger partial charge in [0.1, 0.15) is 12.2 Å². The van der Waals surface area contributed by atoms with Crippen molar-refractivity contribution in [2.45, 2.75) is 24.5 Å². The summed E-state index contributed by atoms with van der Waals surface area (Å²) in [6, 6.07) is -0.808. The van der Waals surface area contributed by atoms with Crippen LogP contribution in [0.25, 0.3) is 0 Å². The van der Waals surface area contributed by atoms with Crippen LogP contribution in [0, 0.1) is 0 Å². The third-order valence-corrected chi connectivity index (χ3v) is 1.60. The summed E-state index contributed by atoms with van der Waals surface area (Å²) in [6.07, 6.45) is -2.88. The fraction of sp³-hybridized carbons (Fsp3) is 1.00. The second-order valence-corrected chi connectivity index (χ2v) is 2.32. The van der Waals surface area contributed by atoms with Crippen molar-refractivity contribution in [3.8, 4) is 0 Å². The minimum atomic E-state index is -1.16. The van der Waals surface area contributed by atoms with Crippen molar-refractivity contribution in [1.82, 2.24) is 0 Å². The molecule has 5 heteroatoms. The van der Waals surface area contributed by atoms with Crippen LogP contribution >= 0.6 is 0 Å². The highest BCUT2D eigenvalue weighted by atomic mass is 16.6. The highest BCUT2D eigenvalue weighted by molar-refractivity contribution is 4.88. The first-order chi connectivity index (χ1) is 4.66. The van der Waals surface area contributed by atoms with E-state index in [-0.39, 0.29) is 6.61 Å². The summed E-state index contributed by atoms with van der Waals surface area (Å²) >= 11 is 0. The molecule has 0 bridgehead atoms. The molecular formula is C5H11NO4. The normalized spacial score (nSPS) is 48.0. The number of aliphatic hydroxyl groups excluding tert-OH is 3. The molecular weight excluding hydrogens is 138 g/mol. The molecule has 0 unspecified atom stereocenters. The second kappa shape index (κ2) is 2.81. The summed E-state index contributed by atoms with van der Waals surface area (Å²) in [5, 5.41) is 26.4. The Kier molecular flexibility index (Phi) is 2.22. The third-order valence-electron chi connectivity index (χ3n) is 1.60. The molecule has 1 aliphatic heterocycles. The maximum atomic E-state index is 9.06. The number of rotatable bonds is 1. The Labute approximate surface area is 58.0 Å². The van der Waals surface area contributed by atoms with Gasteiger partial charge in [0.25, 0.3) is 0 Å². The van der Waals surface area contributed by atoms with Crippen molar-refractivity contribution in [1.29, 1.82) is 0 Å². The zero-order chi connectivity index (χ0) is 7.72. The molecule has 1 fully saturated rings. The average Bonchev–Trinajstić information content (AvgIpc) is 2.17. The van der Waals surface area contributed by atoms with Crippen LogP contribution in [0.3, 0.4) is 0 Å². The predicted molar refractivity (Wildman–Crippen MR) is 31.9 cm³/mol. The molecule has 0 aromatic carbocycles. The molecule has 4 atom stereocenters. The van der Waals surface area contributed by atoms with Gasteiger partial charge in [-0.1, -0.05) is 0 Å². The predicted octanol–water partition coefficient (Wildman–Crippen LogP) is -2.62. The summed E-state index contributed by atoms with van der Waals surface area (Å²) in [5.41, 5.74) is 5.25. The van der Waals surface area contributed by atoms with Crippen molar-refractivity contribution in [3.63, 3.8) is 0 Å². The molecule has 5 nitrogen and oxygen atoms in total. The Morgan fingerprint density at radius 2 is 2.00 bits per heavy atom. The maximum Gasteiger partial charge on any atom is 0.172 e. The summed E-state index contributed by atoms with van der Waals surface area (Å²) in [7, 11) is 0. The van der Waals surface area contributed by atoms with Crippen LogP contribution in [0.2, 0.25) is 0 Å². The van der Waals surface area contributed by atoms with Gasteiger partial charge in [-0.05, 0) is 0 Å². The topological polar surface area (TPSA) is 95.9 Å². The van der Waals surface area contributed by atoms with Crippen LogP contribution in [-0.2, 0) is 4.74 Å². The van der Waals surface area contributed by atoms with Crippen LogP contribution < -0.4 is 5.73 Å². The van der Waals surface area contributed by atoms with Crippen LogP contribution in [0.5, 0.6) is 0 Å². The van der Waals surface area contributed by atoms with Gasteiger partial charge in [0.15, 0.2) is 6.29 Å². The molecule has 0 aromatic heterocycles. The van der Waals surface area contributed by atoms with E-state index in [0.29, 0.717) is 0 Å². The van der Waals surface area contributed by atoms with E-state index >= 15 is 0 Å². The standard InChI is InChI=1S/C5H11NO4/c6-3-4(8)2(1-7)10-5(3)9/h2-5,7-9H,1,6H2/t2-,3+,4+,5+/m1/s1. The van der Waals surface area contributed by atoms with E-state index in [2.05, 4.69) is 4.74 Å². The van der Waals surface area contributed by atoms with E-state index in [0.717, 1.165) is 0 Å². The van der Waals surface area contributed by atoms with Crippen LogP contribution in [0.1, 0.15) is 0 Å². The summed E-state index contributed by atoms with van der Waals surface area (Å²) in [4.78, 5) is 0. The lowest BCUT2D eigenvalue weighted by atomic mass is 10.1. The van der Waals surface area contributed by atoms with Gasteiger partial charge < -0.3 is 25.8 Å². The van der Waals surface area contributed by atoms with Crippen molar-refractivity contribution in [2.75, 3.05) is 6.61 Å². The first kappa shape index (κ1) is 7.90. The first-order valence-corrected chi connectivity index (χ1v) is 3.05. The van der Waals surface area contributed by atoms with E-state index in [1.165, 1.54) is 0 Å². The quantitative estimate of drug-likeness (QED) is 0.327. The second-order valence-electron chi connectivity index (χ2n) is 2.32. The van der Waals surface area contributed by atoms with Gasteiger partial charge in [-0.25, -0.2) is 0 Å². The Bertz CT molecular complexity index is 120. The largest absolute Gasteiger partial charge is 0.394 e. The Morgan fingerprint density at radius 1 is 1.40 bits per heavy atom. The van der Waals surface area contributed by atoms with Crippen LogP contribution in [0.4, 0.5) is 0 Å². The van der Waals surface area contributed by atoms with E-state index in [1.54, 1.807) is 0 Å². The van der Waals surface area contributed by atoms with E-state index in [9.17, 15) is 0 Å². The van der Waals surface area contributed by atoms with Crippen molar-refractivity contribution in [3.05, 3.63) is 0 Å². The van der Waals surface area contributed by atoms with Gasteiger partial charge in [0, 0.05) is 0 Å². The molecule has 1 heterocycles. The highest BCUT2D eigenvalue weighted by Crippen LogP contribution is 2.16. The molecule has 1 saturated heterocycles. The molecule has 1 rings (SSSR count). The zero-order valence-electron chi connectivity index (χ0n) is 5.34. The lowest BCUT2D eigenvalue weighted by Crippen LogP contribution is -2.40. The number of ether oxygens (including phenoxy) is 1. The average molecular weight is 149 g/mol. The molecule has 0 aromatic rings. The fourth-order valence-corrected chi connectivity index (χ4v) is 0.918. The molecule has 0 radical (unpaired) electrons. The summed E-state index contributed by atoms with van der Waals surface area (Å²) in [5.74, 6) is 0. The van der Waals surface area contributed by atoms with Gasteiger partial charge >= 0.3 is 0 Å². The van der Waals surface area contributed by atoms with Gasteiger partial charge in [-0.2, -0.15) is 0 Å². The van der Waals surface area contributed by atoms with Crippen molar-refractivity contribution < 1.29 is 20.1 Å². The molecule has 10 heavy (non-hydrogen) atoms. The lowest BCUT2D eigenvalue weighted by Gasteiger charge is -2.10. The third kappa shape index (κ3) is 1.14. The van der Waals surface area contributed by atoms with Gasteiger partial charge in [0.05, 0.1) is 12.6 Å². The van der Waals surface area contributed by atoms with Crippen LogP contribution in [0.15, 0.2) is 0 Å². The van der Waals surface area contributed by atoms with Gasteiger partial charge in [-0.15, -0.1) is 0 Å². The van der Waals surface area contributed by atoms with E-state index < -0.39 is 24.5 Å². The summed E-state index contributed by atoms with van der Waals surface area (Å²) in [6.45, 7) is -0.327. The molecule has 1 aliphatic rings. The molecule has 0 saturated carbocycles. The minimum Gasteiger partial charge on any atom is -0.394 e. The van der Waals surface area contributed by atoms with Gasteiger partial charge in [0.2, 0.25) is 0 Å². The molecule has 60 valence electrons. The zero-order valence-corrected chi connectivity index (χ0v) is 5.34. The molecule has 0 aliphatic carbocycles. The summed E-state index contributed by atoms with van der Waals surface area (Å²) < 4.78 is 4.67. The highest BCUT2D eigenvalue weighted by Gasteiger charge is 2.39. The Hall–Kier alpha value is -0.200. The molecule has 5 N–H and O–H groups in total. The number of nitrogens with two attached hydrogens (primary N) is 1. The van der Waals surface area contributed by atoms with Crippen LogP contribution in [-0.4, -0.2) is 46.5 Å². The van der Waals surface area contributed by atoms with Crippen molar-refractivity contribution in [2.24, 2.45) is 5.73 Å². The number of hydrogen-bond acceptors (Lipinski definition) is 5. The Morgan fingerprint density at radius 3 is 2.20 bits per heavy atom. The molecule has 0 amide bonds. The fourth-order valence-electron chi connectivity index (χ4n) is 0.918. The van der Waals surface area contributed by atoms with Crippen molar-refractivity contribution >= 4 is 0 Å². The number of aliphatic hydroxyl groups is 3. The number of hydrogen-bond donors (Lipinski definition) is 4. The van der Waals surface area contributed by atoms with E-state index in [4.69, 9.17) is 21.1 Å². The first-order valence-electron chi connectivity index (χ1n) is 3.05. The van der Waals surface area contributed by atoms with E-state index in [1.807, 2.05) is 0 Å². The Balaban J connectivity index is 2.53. The SMILES string of the molecule is N[C@H]1[C@@H](O)[C@@H](CO)O[C@@H]1O. The van der Waals surface area contributed by atoms with Gasteiger partial charge in [-0.3, -0.25) is 0 Å². The smallest absolute Gasteiger partial charge is 0.172 e. The lowest BCUT2D eigenvalue weighted by molar-refractivity contribution is -0.110. The monoisotopic (exact) mass is 149 g/mol. The maximum absolute atomic E-state index is 9.06.